The molecule has 264 valence electrons. The molecule has 2 heteroatoms. The molecule has 1 nitrogen and oxygen atoms in total. The van der Waals surface area contributed by atoms with Crippen molar-refractivity contribution in [1.29, 1.82) is 0 Å². The Labute approximate surface area is 330 Å². The van der Waals surface area contributed by atoms with Gasteiger partial charge in [-0.15, -0.1) is 11.3 Å². The van der Waals surface area contributed by atoms with Gasteiger partial charge in [-0.2, -0.15) is 0 Å². The van der Waals surface area contributed by atoms with E-state index in [0.29, 0.717) is 0 Å². The van der Waals surface area contributed by atoms with Gasteiger partial charge in [-0.1, -0.05) is 133 Å². The van der Waals surface area contributed by atoms with Gasteiger partial charge < -0.3 is 4.90 Å². The molecular weight excluding hydrogens is 695 g/mol. The van der Waals surface area contributed by atoms with Crippen molar-refractivity contribution in [2.75, 3.05) is 4.90 Å². The van der Waals surface area contributed by atoms with Crippen molar-refractivity contribution in [3.05, 3.63) is 199 Å². The Kier molecular flexibility index (Phi) is 7.55. The fourth-order valence-electron chi connectivity index (χ4n) is 9.08. The Morgan fingerprint density at radius 1 is 0.357 bits per heavy atom. The van der Waals surface area contributed by atoms with Crippen molar-refractivity contribution in [2.24, 2.45) is 0 Å². The second kappa shape index (κ2) is 12.9. The minimum absolute atomic E-state index is 1.15. The molecule has 10 aromatic carbocycles. The van der Waals surface area contributed by atoms with Gasteiger partial charge in [0.2, 0.25) is 0 Å². The molecule has 0 radical (unpaired) electrons. The second-order valence-electron chi connectivity index (χ2n) is 15.0. The molecule has 56 heavy (non-hydrogen) atoms. The standard InChI is InChI=1S/C54H37NS/c1-34-14-11-18-38(30-34)55(39-19-12-15-35(2)31-39)49-29-28-44(40-20-5-6-21-41(40)49)52-42-22-7-8-23-43(42)53(48-33-37-17-4-3-16-36(37)32-47(48)52)46-25-13-27-51-54(46)45-24-9-10-26-50(45)56-51/h3-33H,1-2H3. The summed E-state index contributed by atoms with van der Waals surface area (Å²) in [7, 11) is 0. The summed E-state index contributed by atoms with van der Waals surface area (Å²) < 4.78 is 2.64. The molecule has 0 saturated heterocycles. The molecule has 0 atom stereocenters. The lowest BCUT2D eigenvalue weighted by molar-refractivity contribution is 1.27. The van der Waals surface area contributed by atoms with E-state index in [1.54, 1.807) is 0 Å². The molecule has 0 spiro atoms. The molecule has 11 rings (SSSR count). The van der Waals surface area contributed by atoms with Gasteiger partial charge in [-0.05, 0) is 140 Å². The van der Waals surface area contributed by atoms with E-state index in [1.807, 2.05) is 11.3 Å². The van der Waals surface area contributed by atoms with Gasteiger partial charge in [0.15, 0.2) is 0 Å². The number of thiophene rings is 1. The third-order valence-electron chi connectivity index (χ3n) is 11.5. The number of aryl methyl sites for hydroxylation is 2. The van der Waals surface area contributed by atoms with Crippen molar-refractivity contribution in [3.63, 3.8) is 0 Å². The molecule has 0 unspecified atom stereocenters. The van der Waals surface area contributed by atoms with Crippen LogP contribution in [0.2, 0.25) is 0 Å². The van der Waals surface area contributed by atoms with Crippen LogP contribution in [0.25, 0.3) is 85.5 Å². The maximum Gasteiger partial charge on any atom is 0.0540 e. The molecule has 0 bridgehead atoms. The summed E-state index contributed by atoms with van der Waals surface area (Å²) in [6.07, 6.45) is 0. The zero-order chi connectivity index (χ0) is 37.3. The number of hydrogen-bond donors (Lipinski definition) is 0. The summed E-state index contributed by atoms with van der Waals surface area (Å²) in [6.45, 7) is 4.34. The van der Waals surface area contributed by atoms with Crippen LogP contribution >= 0.6 is 11.3 Å². The lowest BCUT2D eigenvalue weighted by atomic mass is 9.83. The highest BCUT2D eigenvalue weighted by Crippen LogP contribution is 2.51. The van der Waals surface area contributed by atoms with E-state index in [2.05, 4.69) is 207 Å². The average molecular weight is 732 g/mol. The molecule has 0 N–H and O–H groups in total. The number of anilines is 3. The number of hydrogen-bond acceptors (Lipinski definition) is 2. The van der Waals surface area contributed by atoms with Crippen molar-refractivity contribution in [1.82, 2.24) is 0 Å². The topological polar surface area (TPSA) is 3.24 Å². The number of fused-ring (bicyclic) bond motifs is 7. The molecule has 0 amide bonds. The Bertz CT molecular complexity index is 3300. The highest BCUT2D eigenvalue weighted by Gasteiger charge is 2.23. The quantitative estimate of drug-likeness (QED) is 0.159. The number of rotatable bonds is 5. The number of benzene rings is 10. The fraction of sp³-hybridized carbons (Fsp3) is 0.0370. The highest BCUT2D eigenvalue weighted by atomic mass is 32.1. The number of nitrogens with zero attached hydrogens (tertiary/aromatic N) is 1. The van der Waals surface area contributed by atoms with Gasteiger partial charge in [-0.3, -0.25) is 0 Å². The third-order valence-corrected chi connectivity index (χ3v) is 12.6. The van der Waals surface area contributed by atoms with Crippen LogP contribution in [0.4, 0.5) is 17.1 Å². The zero-order valence-corrected chi connectivity index (χ0v) is 32.1. The lowest BCUT2D eigenvalue weighted by Gasteiger charge is -2.28. The van der Waals surface area contributed by atoms with Gasteiger partial charge in [0.05, 0.1) is 5.69 Å². The lowest BCUT2D eigenvalue weighted by Crippen LogP contribution is -2.11. The second-order valence-corrected chi connectivity index (χ2v) is 16.1. The summed E-state index contributed by atoms with van der Waals surface area (Å²) in [4.78, 5) is 2.42. The third kappa shape index (κ3) is 5.14. The molecule has 0 aliphatic carbocycles. The molecular formula is C54H37NS. The molecule has 1 heterocycles. The Hall–Kier alpha value is -6.74. The first-order valence-electron chi connectivity index (χ1n) is 19.3. The van der Waals surface area contributed by atoms with Crippen LogP contribution in [-0.4, -0.2) is 0 Å². The molecule has 0 aliphatic heterocycles. The minimum atomic E-state index is 1.15. The Morgan fingerprint density at radius 3 is 1.52 bits per heavy atom. The van der Waals surface area contributed by atoms with Crippen LogP contribution in [0.3, 0.4) is 0 Å². The van der Waals surface area contributed by atoms with Crippen LogP contribution in [0.1, 0.15) is 11.1 Å². The van der Waals surface area contributed by atoms with E-state index in [-0.39, 0.29) is 0 Å². The first kappa shape index (κ1) is 32.7. The van der Waals surface area contributed by atoms with Crippen LogP contribution in [0.5, 0.6) is 0 Å². The van der Waals surface area contributed by atoms with Crippen LogP contribution in [0.15, 0.2) is 188 Å². The minimum Gasteiger partial charge on any atom is -0.310 e. The van der Waals surface area contributed by atoms with Gasteiger partial charge in [-0.25, -0.2) is 0 Å². The summed E-state index contributed by atoms with van der Waals surface area (Å²) in [5.41, 5.74) is 11.0. The zero-order valence-electron chi connectivity index (χ0n) is 31.3. The van der Waals surface area contributed by atoms with Crippen LogP contribution < -0.4 is 4.90 Å². The molecule has 0 fully saturated rings. The van der Waals surface area contributed by atoms with Crippen molar-refractivity contribution >= 4 is 91.7 Å². The Morgan fingerprint density at radius 2 is 0.875 bits per heavy atom. The van der Waals surface area contributed by atoms with E-state index in [4.69, 9.17) is 0 Å². The molecule has 1 aromatic heterocycles. The Balaban J connectivity index is 1.26. The largest absolute Gasteiger partial charge is 0.310 e. The van der Waals surface area contributed by atoms with E-state index < -0.39 is 0 Å². The predicted octanol–water partition coefficient (Wildman–Crippen LogP) is 16.1. The van der Waals surface area contributed by atoms with Gasteiger partial charge in [0.25, 0.3) is 0 Å². The highest BCUT2D eigenvalue weighted by molar-refractivity contribution is 7.26. The first-order chi connectivity index (χ1) is 27.6. The maximum absolute atomic E-state index is 2.44. The van der Waals surface area contributed by atoms with E-state index in [1.165, 1.54) is 96.6 Å². The average Bonchev–Trinajstić information content (AvgIpc) is 3.62. The van der Waals surface area contributed by atoms with E-state index in [0.717, 1.165) is 17.1 Å². The van der Waals surface area contributed by atoms with Gasteiger partial charge >= 0.3 is 0 Å². The van der Waals surface area contributed by atoms with Crippen LogP contribution in [0, 0.1) is 13.8 Å². The summed E-state index contributed by atoms with van der Waals surface area (Å²) >= 11 is 1.88. The normalized spacial score (nSPS) is 11.8. The monoisotopic (exact) mass is 731 g/mol. The molecule has 0 aliphatic rings. The molecule has 11 aromatic rings. The van der Waals surface area contributed by atoms with Crippen LogP contribution in [-0.2, 0) is 0 Å². The molecule has 0 saturated carbocycles. The summed E-state index contributed by atoms with van der Waals surface area (Å²) in [5, 5.41) is 12.6. The first-order valence-corrected chi connectivity index (χ1v) is 20.2. The SMILES string of the molecule is Cc1cccc(N(c2cccc(C)c2)c2ccc(-c3c4ccccc4c(-c4cccc5sc6ccccc6c45)c4cc5ccccc5cc34)c3ccccc23)c1. The van der Waals surface area contributed by atoms with E-state index >= 15 is 0 Å². The van der Waals surface area contributed by atoms with Crippen molar-refractivity contribution < 1.29 is 0 Å². The maximum atomic E-state index is 2.44. The van der Waals surface area contributed by atoms with Gasteiger partial charge in [0, 0.05) is 36.9 Å². The summed E-state index contributed by atoms with van der Waals surface area (Å²) in [6, 6.07) is 69.9. The van der Waals surface area contributed by atoms with E-state index in [9.17, 15) is 0 Å². The summed E-state index contributed by atoms with van der Waals surface area (Å²) in [5.74, 6) is 0. The smallest absolute Gasteiger partial charge is 0.0540 e. The fourth-order valence-corrected chi connectivity index (χ4v) is 10.2. The van der Waals surface area contributed by atoms with Crippen molar-refractivity contribution in [3.8, 4) is 22.3 Å². The predicted molar refractivity (Wildman–Crippen MR) is 244 cm³/mol. The van der Waals surface area contributed by atoms with Crippen molar-refractivity contribution in [2.45, 2.75) is 13.8 Å². The van der Waals surface area contributed by atoms with Gasteiger partial charge in [0.1, 0.15) is 0 Å².